The molecule has 2 aromatic rings. The molecule has 0 aliphatic heterocycles. The molecular formula is C11H16N4. The van der Waals surface area contributed by atoms with Crippen LogP contribution in [0.4, 0.5) is 5.82 Å². The number of rotatable bonds is 3. The summed E-state index contributed by atoms with van der Waals surface area (Å²) in [4.78, 5) is 12.2. The SMILES string of the molecule is CCC(C)c1nc2nc(NC)ccc2[nH]1. The number of hydrogen-bond acceptors (Lipinski definition) is 3. The molecule has 2 heterocycles. The number of aromatic amines is 1. The first kappa shape index (κ1) is 9.96. The zero-order valence-corrected chi connectivity index (χ0v) is 9.33. The van der Waals surface area contributed by atoms with Gasteiger partial charge in [-0.15, -0.1) is 0 Å². The standard InChI is InChI=1S/C11H16N4/c1-4-7(2)10-13-8-5-6-9(12-3)14-11(8)15-10/h5-7H,4H2,1-3H3,(H2,12,13,14,15). The number of nitrogens with zero attached hydrogens (tertiary/aromatic N) is 2. The maximum Gasteiger partial charge on any atom is 0.179 e. The molecule has 0 fully saturated rings. The lowest BCUT2D eigenvalue weighted by atomic mass is 10.1. The highest BCUT2D eigenvalue weighted by molar-refractivity contribution is 5.72. The van der Waals surface area contributed by atoms with Gasteiger partial charge in [-0.05, 0) is 18.6 Å². The average molecular weight is 204 g/mol. The quantitative estimate of drug-likeness (QED) is 0.807. The van der Waals surface area contributed by atoms with E-state index in [2.05, 4.69) is 34.1 Å². The number of pyridine rings is 1. The van der Waals surface area contributed by atoms with E-state index >= 15 is 0 Å². The van der Waals surface area contributed by atoms with Crippen LogP contribution < -0.4 is 5.32 Å². The maximum absolute atomic E-state index is 4.49. The molecule has 2 N–H and O–H groups in total. The molecule has 0 radical (unpaired) electrons. The fraction of sp³-hybridized carbons (Fsp3) is 0.455. The van der Waals surface area contributed by atoms with E-state index in [1.54, 1.807) is 0 Å². The van der Waals surface area contributed by atoms with Crippen molar-refractivity contribution >= 4 is 17.0 Å². The largest absolute Gasteiger partial charge is 0.373 e. The smallest absolute Gasteiger partial charge is 0.179 e. The van der Waals surface area contributed by atoms with E-state index in [0.29, 0.717) is 5.92 Å². The lowest BCUT2D eigenvalue weighted by Gasteiger charge is -2.01. The van der Waals surface area contributed by atoms with Crippen molar-refractivity contribution in [2.24, 2.45) is 0 Å². The molecule has 2 rings (SSSR count). The Bertz CT molecular complexity index is 461. The van der Waals surface area contributed by atoms with Crippen molar-refractivity contribution in [3.05, 3.63) is 18.0 Å². The predicted molar refractivity (Wildman–Crippen MR) is 62.1 cm³/mol. The summed E-state index contributed by atoms with van der Waals surface area (Å²) < 4.78 is 0. The Labute approximate surface area is 89.1 Å². The Morgan fingerprint density at radius 2 is 2.20 bits per heavy atom. The molecule has 0 saturated heterocycles. The predicted octanol–water partition coefficient (Wildman–Crippen LogP) is 2.51. The van der Waals surface area contributed by atoms with Crippen molar-refractivity contribution in [2.45, 2.75) is 26.2 Å². The molecule has 0 spiro atoms. The van der Waals surface area contributed by atoms with E-state index in [1.165, 1.54) is 0 Å². The Balaban J connectivity index is 2.46. The zero-order valence-electron chi connectivity index (χ0n) is 9.33. The molecule has 1 unspecified atom stereocenters. The average Bonchev–Trinajstić information content (AvgIpc) is 2.70. The molecule has 4 heteroatoms. The second kappa shape index (κ2) is 3.88. The fourth-order valence-corrected chi connectivity index (χ4v) is 1.48. The molecule has 1 atom stereocenters. The molecule has 0 aliphatic rings. The molecule has 4 nitrogen and oxygen atoms in total. The van der Waals surface area contributed by atoms with Crippen LogP contribution in [0.2, 0.25) is 0 Å². The zero-order chi connectivity index (χ0) is 10.8. The van der Waals surface area contributed by atoms with Crippen LogP contribution >= 0.6 is 0 Å². The molecule has 15 heavy (non-hydrogen) atoms. The van der Waals surface area contributed by atoms with Crippen LogP contribution in [0.15, 0.2) is 12.1 Å². The van der Waals surface area contributed by atoms with Crippen LogP contribution in [0, 0.1) is 0 Å². The van der Waals surface area contributed by atoms with Gasteiger partial charge >= 0.3 is 0 Å². The van der Waals surface area contributed by atoms with Crippen molar-refractivity contribution < 1.29 is 0 Å². The molecular weight excluding hydrogens is 188 g/mol. The number of imidazole rings is 1. The first-order chi connectivity index (χ1) is 7.24. The van der Waals surface area contributed by atoms with Crippen molar-refractivity contribution in [2.75, 3.05) is 12.4 Å². The van der Waals surface area contributed by atoms with Gasteiger partial charge in [-0.2, -0.15) is 0 Å². The van der Waals surface area contributed by atoms with Crippen LogP contribution in [0.25, 0.3) is 11.2 Å². The van der Waals surface area contributed by atoms with E-state index in [-0.39, 0.29) is 0 Å². The Kier molecular flexibility index (Phi) is 2.58. The van der Waals surface area contributed by atoms with Crippen molar-refractivity contribution in [1.82, 2.24) is 15.0 Å². The number of aromatic nitrogens is 3. The summed E-state index contributed by atoms with van der Waals surface area (Å²) in [5.74, 6) is 2.33. The van der Waals surface area contributed by atoms with E-state index in [4.69, 9.17) is 0 Å². The highest BCUT2D eigenvalue weighted by Crippen LogP contribution is 2.19. The van der Waals surface area contributed by atoms with Gasteiger partial charge in [0.1, 0.15) is 11.6 Å². The van der Waals surface area contributed by atoms with Gasteiger partial charge in [0.05, 0.1) is 5.52 Å². The minimum Gasteiger partial charge on any atom is -0.373 e. The van der Waals surface area contributed by atoms with Crippen LogP contribution in [-0.2, 0) is 0 Å². The Morgan fingerprint density at radius 3 is 2.87 bits per heavy atom. The van der Waals surface area contributed by atoms with Gasteiger partial charge < -0.3 is 10.3 Å². The summed E-state index contributed by atoms with van der Waals surface area (Å²) in [7, 11) is 1.86. The summed E-state index contributed by atoms with van der Waals surface area (Å²) in [6, 6.07) is 3.95. The number of nitrogens with one attached hydrogen (secondary N) is 2. The fourth-order valence-electron chi connectivity index (χ4n) is 1.48. The van der Waals surface area contributed by atoms with Gasteiger partial charge in [0, 0.05) is 13.0 Å². The Morgan fingerprint density at radius 1 is 1.40 bits per heavy atom. The van der Waals surface area contributed by atoms with Crippen molar-refractivity contribution in [3.63, 3.8) is 0 Å². The Hall–Kier alpha value is -1.58. The van der Waals surface area contributed by atoms with E-state index in [0.717, 1.165) is 29.2 Å². The third-order valence-electron chi connectivity index (χ3n) is 2.70. The third-order valence-corrected chi connectivity index (χ3v) is 2.70. The molecule has 0 bridgehead atoms. The molecule has 0 amide bonds. The van der Waals surface area contributed by atoms with Crippen molar-refractivity contribution in [3.8, 4) is 0 Å². The topological polar surface area (TPSA) is 53.6 Å². The highest BCUT2D eigenvalue weighted by Gasteiger charge is 2.09. The molecule has 80 valence electrons. The van der Waals surface area contributed by atoms with Crippen LogP contribution in [0.5, 0.6) is 0 Å². The normalized spacial score (nSPS) is 13.0. The van der Waals surface area contributed by atoms with Crippen LogP contribution in [0.3, 0.4) is 0 Å². The summed E-state index contributed by atoms with van der Waals surface area (Å²) in [6.45, 7) is 4.32. The highest BCUT2D eigenvalue weighted by atomic mass is 15.0. The van der Waals surface area contributed by atoms with Gasteiger partial charge in [-0.3, -0.25) is 0 Å². The lowest BCUT2D eigenvalue weighted by Crippen LogP contribution is -1.93. The summed E-state index contributed by atoms with van der Waals surface area (Å²) in [5.41, 5.74) is 1.79. The van der Waals surface area contributed by atoms with Crippen LogP contribution in [-0.4, -0.2) is 22.0 Å². The van der Waals surface area contributed by atoms with Gasteiger partial charge in [-0.25, -0.2) is 9.97 Å². The first-order valence-electron chi connectivity index (χ1n) is 5.29. The number of anilines is 1. The molecule has 0 aliphatic carbocycles. The van der Waals surface area contributed by atoms with Crippen molar-refractivity contribution in [1.29, 1.82) is 0 Å². The van der Waals surface area contributed by atoms with Crippen LogP contribution in [0.1, 0.15) is 32.0 Å². The van der Waals surface area contributed by atoms with Gasteiger partial charge in [0.2, 0.25) is 0 Å². The number of H-pyrrole nitrogens is 1. The second-order valence-electron chi connectivity index (χ2n) is 3.75. The van der Waals surface area contributed by atoms with Gasteiger partial charge in [0.25, 0.3) is 0 Å². The molecule has 0 saturated carbocycles. The second-order valence-corrected chi connectivity index (χ2v) is 3.75. The minimum atomic E-state index is 0.456. The monoisotopic (exact) mass is 204 g/mol. The van der Waals surface area contributed by atoms with E-state index in [9.17, 15) is 0 Å². The number of hydrogen-bond donors (Lipinski definition) is 2. The third kappa shape index (κ3) is 1.79. The van der Waals surface area contributed by atoms with E-state index < -0.39 is 0 Å². The maximum atomic E-state index is 4.49. The summed E-state index contributed by atoms with van der Waals surface area (Å²) >= 11 is 0. The summed E-state index contributed by atoms with van der Waals surface area (Å²) in [6.07, 6.45) is 1.08. The number of fused-ring (bicyclic) bond motifs is 1. The summed E-state index contributed by atoms with van der Waals surface area (Å²) in [5, 5.41) is 3.01. The first-order valence-corrected chi connectivity index (χ1v) is 5.29. The van der Waals surface area contributed by atoms with Gasteiger partial charge in [-0.1, -0.05) is 13.8 Å². The minimum absolute atomic E-state index is 0.456. The van der Waals surface area contributed by atoms with E-state index in [1.807, 2.05) is 19.2 Å². The molecule has 0 aromatic carbocycles. The molecule has 2 aromatic heterocycles. The lowest BCUT2D eigenvalue weighted by molar-refractivity contribution is 0.691. The van der Waals surface area contributed by atoms with Gasteiger partial charge in [0.15, 0.2) is 5.65 Å².